The molecule has 0 radical (unpaired) electrons. The summed E-state index contributed by atoms with van der Waals surface area (Å²) in [6, 6.07) is 8.12. The van der Waals surface area contributed by atoms with Crippen molar-refractivity contribution in [3.63, 3.8) is 0 Å². The zero-order valence-electron chi connectivity index (χ0n) is 16.4. The monoisotopic (exact) mass is 411 g/mol. The molecule has 0 aliphatic carbocycles. The second kappa shape index (κ2) is 7.29. The molecular formula is C20H19ClFN7. The average molecular weight is 412 g/mol. The number of nitrogens with zero attached hydrogens (tertiary/aromatic N) is 6. The minimum absolute atomic E-state index is 0.273. The molecule has 0 saturated carbocycles. The van der Waals surface area contributed by atoms with Gasteiger partial charge in [0.15, 0.2) is 11.6 Å². The van der Waals surface area contributed by atoms with Crippen molar-refractivity contribution in [2.75, 3.05) is 5.32 Å². The number of aryl methyl sites for hydroxylation is 2. The van der Waals surface area contributed by atoms with Crippen molar-refractivity contribution >= 4 is 23.2 Å². The third-order valence-electron chi connectivity index (χ3n) is 4.72. The van der Waals surface area contributed by atoms with E-state index in [9.17, 15) is 4.39 Å². The van der Waals surface area contributed by atoms with E-state index >= 15 is 0 Å². The smallest absolute Gasteiger partial charge is 0.159 e. The molecule has 0 bridgehead atoms. The lowest BCUT2D eigenvalue weighted by Gasteiger charge is -2.07. The highest BCUT2D eigenvalue weighted by Gasteiger charge is 2.16. The molecule has 7 nitrogen and oxygen atoms in total. The van der Waals surface area contributed by atoms with E-state index in [0.717, 1.165) is 28.2 Å². The van der Waals surface area contributed by atoms with Crippen LogP contribution in [0.25, 0.3) is 17.1 Å². The summed E-state index contributed by atoms with van der Waals surface area (Å²) in [6.45, 7) is 5.69. The maximum absolute atomic E-state index is 13.3. The molecule has 4 aromatic rings. The van der Waals surface area contributed by atoms with Crippen LogP contribution >= 0.6 is 11.6 Å². The number of halogens is 2. The zero-order chi connectivity index (χ0) is 20.7. The van der Waals surface area contributed by atoms with Gasteiger partial charge in [-0.3, -0.25) is 4.68 Å². The van der Waals surface area contributed by atoms with Gasteiger partial charge in [0.05, 0.1) is 22.1 Å². The van der Waals surface area contributed by atoms with Gasteiger partial charge in [-0.2, -0.15) is 10.2 Å². The summed E-state index contributed by atoms with van der Waals surface area (Å²) in [5, 5.41) is 12.8. The zero-order valence-corrected chi connectivity index (χ0v) is 17.2. The summed E-state index contributed by atoms with van der Waals surface area (Å²) in [4.78, 5) is 8.59. The van der Waals surface area contributed by atoms with Crippen LogP contribution in [-0.4, -0.2) is 29.5 Å². The van der Waals surface area contributed by atoms with Gasteiger partial charge in [-0.1, -0.05) is 11.6 Å². The highest BCUT2D eigenvalue weighted by atomic mass is 35.5. The Kier molecular flexibility index (Phi) is 4.79. The molecule has 0 atom stereocenters. The molecule has 0 spiro atoms. The molecule has 0 amide bonds. The molecule has 0 aliphatic heterocycles. The van der Waals surface area contributed by atoms with Gasteiger partial charge in [0.2, 0.25) is 0 Å². The fourth-order valence-corrected chi connectivity index (χ4v) is 3.38. The van der Waals surface area contributed by atoms with Crippen LogP contribution in [0.2, 0.25) is 5.02 Å². The molecule has 1 aromatic carbocycles. The quantitative estimate of drug-likeness (QED) is 0.534. The lowest BCUT2D eigenvalue weighted by Crippen LogP contribution is -2.04. The Morgan fingerprint density at radius 3 is 2.41 bits per heavy atom. The second-order valence-corrected chi connectivity index (χ2v) is 7.11. The van der Waals surface area contributed by atoms with Gasteiger partial charge >= 0.3 is 0 Å². The van der Waals surface area contributed by atoms with E-state index < -0.39 is 0 Å². The van der Waals surface area contributed by atoms with E-state index in [-0.39, 0.29) is 5.82 Å². The Morgan fingerprint density at radius 1 is 1.03 bits per heavy atom. The van der Waals surface area contributed by atoms with Crippen LogP contribution in [0.3, 0.4) is 0 Å². The van der Waals surface area contributed by atoms with Gasteiger partial charge < -0.3 is 5.32 Å². The molecule has 3 aromatic heterocycles. The summed E-state index contributed by atoms with van der Waals surface area (Å²) < 4.78 is 16.7. The summed E-state index contributed by atoms with van der Waals surface area (Å²) >= 11 is 6.25. The van der Waals surface area contributed by atoms with Crippen LogP contribution in [0, 0.1) is 26.6 Å². The normalized spacial score (nSPS) is 11.1. The largest absolute Gasteiger partial charge is 0.323 e. The SMILES string of the molecule is Cc1nn(-c2cc(Nc3nn(C)c(-c4ccc(F)cc4)c3C)ncn2)c(C)c1Cl. The highest BCUT2D eigenvalue weighted by molar-refractivity contribution is 6.31. The summed E-state index contributed by atoms with van der Waals surface area (Å²) in [5.74, 6) is 1.56. The number of aromatic nitrogens is 6. The fraction of sp³-hybridized carbons (Fsp3) is 0.200. The molecule has 0 unspecified atom stereocenters. The van der Waals surface area contributed by atoms with Gasteiger partial charge in [0.25, 0.3) is 0 Å². The van der Waals surface area contributed by atoms with E-state index in [1.54, 1.807) is 27.6 Å². The first-order valence-corrected chi connectivity index (χ1v) is 9.33. The first-order valence-electron chi connectivity index (χ1n) is 8.96. The van der Waals surface area contributed by atoms with Crippen LogP contribution < -0.4 is 5.32 Å². The number of hydrogen-bond acceptors (Lipinski definition) is 5. The van der Waals surface area contributed by atoms with E-state index in [4.69, 9.17) is 11.6 Å². The molecule has 0 fully saturated rings. The Hall–Kier alpha value is -3.26. The maximum Gasteiger partial charge on any atom is 0.159 e. The van der Waals surface area contributed by atoms with E-state index in [1.165, 1.54) is 18.5 Å². The Morgan fingerprint density at radius 2 is 1.76 bits per heavy atom. The molecule has 4 rings (SSSR count). The molecule has 1 N–H and O–H groups in total. The van der Waals surface area contributed by atoms with E-state index in [0.29, 0.717) is 22.5 Å². The van der Waals surface area contributed by atoms with Crippen molar-refractivity contribution in [3.8, 4) is 17.1 Å². The topological polar surface area (TPSA) is 73.5 Å². The van der Waals surface area contributed by atoms with Crippen LogP contribution in [0.1, 0.15) is 17.0 Å². The standard InChI is InChI=1S/C20H19ClFN7/c1-11-19(14-5-7-15(22)8-6-14)28(4)27-20(11)25-16-9-17(24-10-23-16)29-13(3)18(21)12(2)26-29/h5-10H,1-4H3,(H,23,24,25,27). The van der Waals surface area contributed by atoms with Crippen LogP contribution in [-0.2, 0) is 7.05 Å². The van der Waals surface area contributed by atoms with E-state index in [2.05, 4.69) is 25.5 Å². The van der Waals surface area contributed by atoms with Gasteiger partial charge in [-0.15, -0.1) is 0 Å². The fourth-order valence-electron chi connectivity index (χ4n) is 3.26. The lowest BCUT2D eigenvalue weighted by atomic mass is 10.1. The van der Waals surface area contributed by atoms with Crippen molar-refractivity contribution < 1.29 is 4.39 Å². The molecule has 3 heterocycles. The Bertz CT molecular complexity index is 1190. The molecule has 9 heteroatoms. The number of hydrogen-bond donors (Lipinski definition) is 1. The molecule has 29 heavy (non-hydrogen) atoms. The molecular weight excluding hydrogens is 393 g/mol. The van der Waals surface area contributed by atoms with Crippen LogP contribution in [0.4, 0.5) is 16.0 Å². The summed E-state index contributed by atoms with van der Waals surface area (Å²) in [7, 11) is 1.85. The molecule has 0 saturated heterocycles. The van der Waals surface area contributed by atoms with E-state index in [1.807, 2.05) is 27.8 Å². The first-order chi connectivity index (χ1) is 13.8. The van der Waals surface area contributed by atoms with Crippen molar-refractivity contribution in [1.82, 2.24) is 29.5 Å². The molecule has 148 valence electrons. The van der Waals surface area contributed by atoms with Crippen molar-refractivity contribution in [2.24, 2.45) is 7.05 Å². The van der Waals surface area contributed by atoms with Gasteiger partial charge in [-0.05, 0) is 45.0 Å². The van der Waals surface area contributed by atoms with Crippen LogP contribution in [0.15, 0.2) is 36.7 Å². The minimum Gasteiger partial charge on any atom is -0.323 e. The van der Waals surface area contributed by atoms with Crippen LogP contribution in [0.5, 0.6) is 0 Å². The number of rotatable bonds is 4. The van der Waals surface area contributed by atoms with Gasteiger partial charge in [0.1, 0.15) is 18.0 Å². The predicted molar refractivity (Wildman–Crippen MR) is 110 cm³/mol. The minimum atomic E-state index is -0.273. The van der Waals surface area contributed by atoms with Crippen molar-refractivity contribution in [1.29, 1.82) is 0 Å². The predicted octanol–water partition coefficient (Wildman–Crippen LogP) is 4.52. The number of nitrogens with one attached hydrogen (secondary N) is 1. The van der Waals surface area contributed by atoms with Crippen molar-refractivity contribution in [2.45, 2.75) is 20.8 Å². The third-order valence-corrected chi connectivity index (χ3v) is 5.27. The molecule has 0 aliphatic rings. The van der Waals surface area contributed by atoms with Crippen molar-refractivity contribution in [3.05, 3.63) is 64.5 Å². The Balaban J connectivity index is 1.68. The third kappa shape index (κ3) is 3.47. The lowest BCUT2D eigenvalue weighted by molar-refractivity contribution is 0.628. The number of anilines is 2. The average Bonchev–Trinajstić information content (AvgIpc) is 3.12. The first kappa shape index (κ1) is 19.1. The number of benzene rings is 1. The summed E-state index contributed by atoms with van der Waals surface area (Å²) in [5.41, 5.74) is 4.25. The second-order valence-electron chi connectivity index (χ2n) is 6.74. The highest BCUT2D eigenvalue weighted by Crippen LogP contribution is 2.30. The maximum atomic E-state index is 13.3. The van der Waals surface area contributed by atoms with Gasteiger partial charge in [-0.25, -0.2) is 19.0 Å². The summed E-state index contributed by atoms with van der Waals surface area (Å²) in [6.07, 6.45) is 1.46. The van der Waals surface area contributed by atoms with Gasteiger partial charge in [0, 0.05) is 24.2 Å². The Labute approximate surface area is 172 Å².